The summed E-state index contributed by atoms with van der Waals surface area (Å²) in [5.41, 5.74) is 2.00. The van der Waals surface area contributed by atoms with Crippen molar-refractivity contribution in [2.75, 3.05) is 14.2 Å². The Hall–Kier alpha value is -1.23. The third-order valence-corrected chi connectivity index (χ3v) is 3.88. The smallest absolute Gasteiger partial charge is 0.124 e. The highest BCUT2D eigenvalue weighted by Crippen LogP contribution is 2.27. The first kappa shape index (κ1) is 16.1. The Morgan fingerprint density at radius 3 is 2.62 bits per heavy atom. The summed E-state index contributed by atoms with van der Waals surface area (Å²) in [6.07, 6.45) is 0. The van der Waals surface area contributed by atoms with Crippen LogP contribution in [0.5, 0.6) is 11.5 Å². The summed E-state index contributed by atoms with van der Waals surface area (Å²) in [4.78, 5) is 0. The molecule has 3 nitrogen and oxygen atoms in total. The van der Waals surface area contributed by atoms with Crippen molar-refractivity contribution in [2.24, 2.45) is 0 Å². The van der Waals surface area contributed by atoms with Crippen LogP contribution < -0.4 is 14.8 Å². The minimum atomic E-state index is 0.426. The zero-order valence-electron chi connectivity index (χ0n) is 12.0. The number of rotatable bonds is 6. The van der Waals surface area contributed by atoms with Crippen LogP contribution in [0.25, 0.3) is 0 Å². The Labute approximate surface area is 138 Å². The molecule has 0 aliphatic carbocycles. The van der Waals surface area contributed by atoms with Gasteiger partial charge >= 0.3 is 0 Å². The summed E-state index contributed by atoms with van der Waals surface area (Å²) in [6, 6.07) is 11.5. The molecule has 0 atom stereocenters. The maximum Gasteiger partial charge on any atom is 0.124 e. The van der Waals surface area contributed by atoms with Gasteiger partial charge in [0.05, 0.1) is 7.11 Å². The summed E-state index contributed by atoms with van der Waals surface area (Å²) < 4.78 is 12.1. The van der Waals surface area contributed by atoms with Gasteiger partial charge in [-0.3, -0.25) is 0 Å². The Morgan fingerprint density at radius 2 is 1.95 bits per heavy atom. The first-order valence-electron chi connectivity index (χ1n) is 6.52. The van der Waals surface area contributed by atoms with E-state index >= 15 is 0 Å². The van der Waals surface area contributed by atoms with Gasteiger partial charge in [0.25, 0.3) is 0 Å². The summed E-state index contributed by atoms with van der Waals surface area (Å²) >= 11 is 9.59. The first-order chi connectivity index (χ1) is 10.1. The standard InChI is InChI=1S/C16H17BrClNO2/c1-19-9-12-7-14(20-2)5-6-16(12)21-10-11-3-4-13(17)8-15(11)18/h3-8,19H,9-10H2,1-2H3. The molecule has 2 aromatic carbocycles. The number of halogens is 2. The van der Waals surface area contributed by atoms with Crippen molar-refractivity contribution in [3.63, 3.8) is 0 Å². The van der Waals surface area contributed by atoms with Crippen LogP contribution in [-0.4, -0.2) is 14.2 Å². The average Bonchev–Trinajstić information content (AvgIpc) is 2.47. The SMILES string of the molecule is CNCc1cc(OC)ccc1OCc1ccc(Br)cc1Cl. The molecule has 2 aromatic rings. The molecule has 0 spiro atoms. The van der Waals surface area contributed by atoms with Gasteiger partial charge in [0.1, 0.15) is 18.1 Å². The number of hydrogen-bond donors (Lipinski definition) is 1. The third-order valence-electron chi connectivity index (χ3n) is 3.03. The van der Waals surface area contributed by atoms with E-state index in [-0.39, 0.29) is 0 Å². The molecule has 0 aliphatic heterocycles. The lowest BCUT2D eigenvalue weighted by Crippen LogP contribution is -2.08. The number of nitrogens with one attached hydrogen (secondary N) is 1. The van der Waals surface area contributed by atoms with Crippen LogP contribution in [0.2, 0.25) is 5.02 Å². The summed E-state index contributed by atoms with van der Waals surface area (Å²) in [5, 5.41) is 3.81. The van der Waals surface area contributed by atoms with Gasteiger partial charge in [-0.2, -0.15) is 0 Å². The summed E-state index contributed by atoms with van der Waals surface area (Å²) in [6.45, 7) is 1.13. The second-order valence-corrected chi connectivity index (χ2v) is 5.85. The molecule has 0 radical (unpaired) electrons. The van der Waals surface area contributed by atoms with Gasteiger partial charge in [0, 0.05) is 27.2 Å². The van der Waals surface area contributed by atoms with Gasteiger partial charge in [0.15, 0.2) is 0 Å². The molecular weight excluding hydrogens is 354 g/mol. The van der Waals surface area contributed by atoms with Gasteiger partial charge in [-0.15, -0.1) is 0 Å². The molecule has 5 heteroatoms. The van der Waals surface area contributed by atoms with E-state index in [0.717, 1.165) is 27.1 Å². The minimum Gasteiger partial charge on any atom is -0.497 e. The summed E-state index contributed by atoms with van der Waals surface area (Å²) in [5.74, 6) is 1.64. The van der Waals surface area contributed by atoms with E-state index < -0.39 is 0 Å². The molecule has 0 unspecified atom stereocenters. The van der Waals surface area contributed by atoms with E-state index in [1.54, 1.807) is 7.11 Å². The van der Waals surface area contributed by atoms with Crippen LogP contribution in [0.4, 0.5) is 0 Å². The predicted octanol–water partition coefficient (Wildman–Crippen LogP) is 4.41. The van der Waals surface area contributed by atoms with Crippen molar-refractivity contribution in [1.82, 2.24) is 5.32 Å². The van der Waals surface area contributed by atoms with Crippen molar-refractivity contribution in [2.45, 2.75) is 13.2 Å². The van der Waals surface area contributed by atoms with Gasteiger partial charge < -0.3 is 14.8 Å². The van der Waals surface area contributed by atoms with Crippen molar-refractivity contribution >= 4 is 27.5 Å². The average molecular weight is 371 g/mol. The molecule has 0 saturated heterocycles. The first-order valence-corrected chi connectivity index (χ1v) is 7.69. The van der Waals surface area contributed by atoms with E-state index in [1.165, 1.54) is 0 Å². The Bertz CT molecular complexity index is 619. The van der Waals surface area contributed by atoms with Crippen LogP contribution in [0, 0.1) is 0 Å². The lowest BCUT2D eigenvalue weighted by molar-refractivity contribution is 0.301. The predicted molar refractivity (Wildman–Crippen MR) is 89.2 cm³/mol. The Balaban J connectivity index is 2.15. The number of methoxy groups -OCH3 is 1. The fourth-order valence-electron chi connectivity index (χ4n) is 1.95. The third kappa shape index (κ3) is 4.37. The van der Waals surface area contributed by atoms with Gasteiger partial charge in [-0.25, -0.2) is 0 Å². The normalized spacial score (nSPS) is 10.5. The maximum absolute atomic E-state index is 6.20. The molecule has 0 amide bonds. The highest BCUT2D eigenvalue weighted by molar-refractivity contribution is 9.10. The van der Waals surface area contributed by atoms with Crippen molar-refractivity contribution in [3.8, 4) is 11.5 Å². The van der Waals surface area contributed by atoms with E-state index in [9.17, 15) is 0 Å². The van der Waals surface area contributed by atoms with Crippen LogP contribution in [-0.2, 0) is 13.2 Å². The minimum absolute atomic E-state index is 0.426. The molecule has 1 N–H and O–H groups in total. The van der Waals surface area contributed by atoms with Crippen LogP contribution in [0.3, 0.4) is 0 Å². The van der Waals surface area contributed by atoms with Crippen molar-refractivity contribution < 1.29 is 9.47 Å². The molecule has 21 heavy (non-hydrogen) atoms. The quantitative estimate of drug-likeness (QED) is 0.817. The highest BCUT2D eigenvalue weighted by atomic mass is 79.9. The van der Waals surface area contributed by atoms with Gasteiger partial charge in [-0.05, 0) is 37.4 Å². The molecule has 2 rings (SSSR count). The zero-order valence-corrected chi connectivity index (χ0v) is 14.3. The second-order valence-electron chi connectivity index (χ2n) is 4.53. The van der Waals surface area contributed by atoms with E-state index in [1.807, 2.05) is 43.4 Å². The van der Waals surface area contributed by atoms with Crippen LogP contribution in [0.1, 0.15) is 11.1 Å². The van der Waals surface area contributed by atoms with Crippen LogP contribution in [0.15, 0.2) is 40.9 Å². The molecule has 0 saturated carbocycles. The van der Waals surface area contributed by atoms with Crippen LogP contribution >= 0.6 is 27.5 Å². The van der Waals surface area contributed by atoms with E-state index in [4.69, 9.17) is 21.1 Å². The number of ether oxygens (including phenoxy) is 2. The molecule has 0 aliphatic rings. The zero-order chi connectivity index (χ0) is 15.2. The number of benzene rings is 2. The van der Waals surface area contributed by atoms with E-state index in [2.05, 4.69) is 21.2 Å². The highest BCUT2D eigenvalue weighted by Gasteiger charge is 2.07. The largest absolute Gasteiger partial charge is 0.497 e. The molecule has 112 valence electrons. The molecule has 0 fully saturated rings. The van der Waals surface area contributed by atoms with E-state index in [0.29, 0.717) is 18.2 Å². The fourth-order valence-corrected chi connectivity index (χ4v) is 2.67. The summed E-state index contributed by atoms with van der Waals surface area (Å²) in [7, 11) is 3.55. The topological polar surface area (TPSA) is 30.5 Å². The fraction of sp³-hybridized carbons (Fsp3) is 0.250. The molecule has 0 heterocycles. The van der Waals surface area contributed by atoms with Gasteiger partial charge in [-0.1, -0.05) is 33.6 Å². The van der Waals surface area contributed by atoms with Gasteiger partial charge in [0.2, 0.25) is 0 Å². The second kappa shape index (κ2) is 7.69. The lowest BCUT2D eigenvalue weighted by atomic mass is 10.2. The molecule has 0 bridgehead atoms. The molecular formula is C16H17BrClNO2. The Morgan fingerprint density at radius 1 is 1.14 bits per heavy atom. The van der Waals surface area contributed by atoms with Crippen molar-refractivity contribution in [1.29, 1.82) is 0 Å². The monoisotopic (exact) mass is 369 g/mol. The molecule has 0 aromatic heterocycles. The lowest BCUT2D eigenvalue weighted by Gasteiger charge is -2.13. The Kier molecular flexibility index (Phi) is 5.91. The maximum atomic E-state index is 6.20. The van der Waals surface area contributed by atoms with Crippen molar-refractivity contribution in [3.05, 3.63) is 57.0 Å². The number of hydrogen-bond acceptors (Lipinski definition) is 3.